The SMILES string of the molecule is Cc1ccc(CC(C)Nc2cncc(-n3nc(C)cc3C)n2)c(C)c1. The molecule has 2 heterocycles. The zero-order valence-electron chi connectivity index (χ0n) is 15.5. The average Bonchev–Trinajstić information content (AvgIpc) is 2.89. The first-order valence-electron chi connectivity index (χ1n) is 8.60. The molecular weight excluding hydrogens is 310 g/mol. The van der Waals surface area contributed by atoms with Crippen molar-refractivity contribution < 1.29 is 0 Å². The monoisotopic (exact) mass is 335 g/mol. The molecule has 0 radical (unpaired) electrons. The molecule has 1 aromatic carbocycles. The maximum Gasteiger partial charge on any atom is 0.174 e. The molecule has 1 N–H and O–H groups in total. The molecule has 0 spiro atoms. The Morgan fingerprint density at radius 1 is 1.08 bits per heavy atom. The second-order valence-corrected chi connectivity index (χ2v) is 6.78. The van der Waals surface area contributed by atoms with Gasteiger partial charge in [-0.3, -0.25) is 4.98 Å². The minimum atomic E-state index is 0.256. The lowest BCUT2D eigenvalue weighted by atomic mass is 10.00. The summed E-state index contributed by atoms with van der Waals surface area (Å²) in [6.45, 7) is 10.4. The average molecular weight is 335 g/mol. The van der Waals surface area contributed by atoms with Crippen LogP contribution in [0.4, 0.5) is 5.82 Å². The molecule has 25 heavy (non-hydrogen) atoms. The molecule has 5 nitrogen and oxygen atoms in total. The van der Waals surface area contributed by atoms with Crippen molar-refractivity contribution in [2.75, 3.05) is 5.32 Å². The highest BCUT2D eigenvalue weighted by Crippen LogP contribution is 2.16. The van der Waals surface area contributed by atoms with Gasteiger partial charge in [-0.25, -0.2) is 9.67 Å². The van der Waals surface area contributed by atoms with Gasteiger partial charge in [0.2, 0.25) is 0 Å². The van der Waals surface area contributed by atoms with Crippen molar-refractivity contribution in [2.24, 2.45) is 0 Å². The highest BCUT2D eigenvalue weighted by atomic mass is 15.3. The summed E-state index contributed by atoms with van der Waals surface area (Å²) < 4.78 is 1.82. The van der Waals surface area contributed by atoms with E-state index in [1.54, 1.807) is 12.4 Å². The van der Waals surface area contributed by atoms with Crippen molar-refractivity contribution >= 4 is 5.82 Å². The summed E-state index contributed by atoms with van der Waals surface area (Å²) in [6, 6.07) is 8.89. The largest absolute Gasteiger partial charge is 0.366 e. The van der Waals surface area contributed by atoms with E-state index in [2.05, 4.69) is 59.4 Å². The van der Waals surface area contributed by atoms with E-state index < -0.39 is 0 Å². The molecule has 0 saturated heterocycles. The number of anilines is 1. The van der Waals surface area contributed by atoms with Crippen LogP contribution in [-0.2, 0) is 6.42 Å². The molecule has 2 aromatic heterocycles. The third kappa shape index (κ3) is 4.05. The molecule has 3 aromatic rings. The summed E-state index contributed by atoms with van der Waals surface area (Å²) in [5.41, 5.74) is 6.00. The molecule has 3 rings (SSSR count). The molecule has 0 amide bonds. The van der Waals surface area contributed by atoms with Gasteiger partial charge in [0, 0.05) is 11.7 Å². The predicted octanol–water partition coefficient (Wildman–Crippen LogP) is 3.94. The van der Waals surface area contributed by atoms with Crippen LogP contribution in [0, 0.1) is 27.7 Å². The van der Waals surface area contributed by atoms with E-state index in [1.165, 1.54) is 16.7 Å². The number of nitrogens with zero attached hydrogens (tertiary/aromatic N) is 4. The first kappa shape index (κ1) is 17.1. The van der Waals surface area contributed by atoms with Crippen LogP contribution in [0.3, 0.4) is 0 Å². The molecule has 130 valence electrons. The highest BCUT2D eigenvalue weighted by Gasteiger charge is 2.10. The highest BCUT2D eigenvalue weighted by molar-refractivity contribution is 5.39. The Bertz CT molecular complexity index is 882. The maximum absolute atomic E-state index is 4.66. The first-order chi connectivity index (χ1) is 11.9. The van der Waals surface area contributed by atoms with Crippen molar-refractivity contribution in [1.82, 2.24) is 19.7 Å². The van der Waals surface area contributed by atoms with E-state index in [9.17, 15) is 0 Å². The topological polar surface area (TPSA) is 55.6 Å². The van der Waals surface area contributed by atoms with Gasteiger partial charge in [0.1, 0.15) is 5.82 Å². The summed E-state index contributed by atoms with van der Waals surface area (Å²) in [7, 11) is 0. The molecule has 1 unspecified atom stereocenters. The first-order valence-corrected chi connectivity index (χ1v) is 8.60. The van der Waals surface area contributed by atoms with E-state index in [4.69, 9.17) is 0 Å². The van der Waals surface area contributed by atoms with E-state index in [0.717, 1.165) is 29.4 Å². The smallest absolute Gasteiger partial charge is 0.174 e. The van der Waals surface area contributed by atoms with Crippen LogP contribution in [0.1, 0.15) is 35.0 Å². The number of aromatic nitrogens is 4. The Labute approximate surface area is 149 Å². The van der Waals surface area contributed by atoms with Gasteiger partial charge in [0.15, 0.2) is 5.82 Å². The van der Waals surface area contributed by atoms with Crippen LogP contribution in [-0.4, -0.2) is 25.8 Å². The van der Waals surface area contributed by atoms with Gasteiger partial charge in [-0.2, -0.15) is 5.10 Å². The minimum absolute atomic E-state index is 0.256. The van der Waals surface area contributed by atoms with Gasteiger partial charge in [-0.05, 0) is 58.2 Å². The minimum Gasteiger partial charge on any atom is -0.366 e. The van der Waals surface area contributed by atoms with E-state index in [-0.39, 0.29) is 6.04 Å². The fourth-order valence-electron chi connectivity index (χ4n) is 3.10. The summed E-state index contributed by atoms with van der Waals surface area (Å²) in [5.74, 6) is 1.50. The zero-order valence-corrected chi connectivity index (χ0v) is 15.5. The van der Waals surface area contributed by atoms with E-state index in [0.29, 0.717) is 0 Å². The fraction of sp³-hybridized carbons (Fsp3) is 0.350. The Hall–Kier alpha value is -2.69. The van der Waals surface area contributed by atoms with Crippen LogP contribution in [0.2, 0.25) is 0 Å². The second kappa shape index (κ2) is 7.05. The lowest BCUT2D eigenvalue weighted by molar-refractivity contribution is 0.766. The summed E-state index contributed by atoms with van der Waals surface area (Å²) in [6.07, 6.45) is 4.44. The molecule has 0 aliphatic rings. The molecule has 0 fully saturated rings. The van der Waals surface area contributed by atoms with Gasteiger partial charge in [-0.1, -0.05) is 23.8 Å². The third-order valence-corrected chi connectivity index (χ3v) is 4.27. The predicted molar refractivity (Wildman–Crippen MR) is 101 cm³/mol. The van der Waals surface area contributed by atoms with Crippen LogP contribution in [0.5, 0.6) is 0 Å². The van der Waals surface area contributed by atoms with Crippen LogP contribution < -0.4 is 5.32 Å². The second-order valence-electron chi connectivity index (χ2n) is 6.78. The van der Waals surface area contributed by atoms with Crippen molar-refractivity contribution in [3.05, 3.63) is 64.7 Å². The lowest BCUT2D eigenvalue weighted by Crippen LogP contribution is -2.20. The maximum atomic E-state index is 4.66. The van der Waals surface area contributed by atoms with Crippen molar-refractivity contribution in [3.63, 3.8) is 0 Å². The number of nitrogens with one attached hydrogen (secondary N) is 1. The number of aryl methyl sites for hydroxylation is 4. The fourth-order valence-corrected chi connectivity index (χ4v) is 3.10. The van der Waals surface area contributed by atoms with Crippen molar-refractivity contribution in [1.29, 1.82) is 0 Å². The third-order valence-electron chi connectivity index (χ3n) is 4.27. The number of benzene rings is 1. The Morgan fingerprint density at radius 3 is 2.56 bits per heavy atom. The van der Waals surface area contributed by atoms with Crippen LogP contribution in [0.25, 0.3) is 5.82 Å². The summed E-state index contributed by atoms with van der Waals surface area (Å²) >= 11 is 0. The molecule has 0 aliphatic heterocycles. The Balaban J connectivity index is 1.74. The van der Waals surface area contributed by atoms with Crippen LogP contribution in [0.15, 0.2) is 36.7 Å². The van der Waals surface area contributed by atoms with Gasteiger partial charge in [0.05, 0.1) is 18.1 Å². The normalized spacial score (nSPS) is 12.2. The van der Waals surface area contributed by atoms with E-state index in [1.807, 2.05) is 24.6 Å². The standard InChI is InChI=1S/C20H25N5/c1-13-6-7-18(14(2)8-13)10-15(3)22-19-11-21-12-20(23-19)25-17(5)9-16(4)24-25/h6-9,11-12,15H,10H2,1-5H3,(H,22,23). The molecule has 0 aliphatic carbocycles. The number of hydrogen-bond acceptors (Lipinski definition) is 4. The lowest BCUT2D eigenvalue weighted by Gasteiger charge is -2.16. The molecule has 1 atom stereocenters. The van der Waals surface area contributed by atoms with Crippen molar-refractivity contribution in [2.45, 2.75) is 47.1 Å². The Morgan fingerprint density at radius 2 is 1.88 bits per heavy atom. The molecular formula is C20H25N5. The number of hydrogen-bond donors (Lipinski definition) is 1. The molecule has 0 bridgehead atoms. The van der Waals surface area contributed by atoms with E-state index >= 15 is 0 Å². The molecule has 5 heteroatoms. The zero-order chi connectivity index (χ0) is 18.0. The van der Waals surface area contributed by atoms with Gasteiger partial charge < -0.3 is 5.32 Å². The Kier molecular flexibility index (Phi) is 4.83. The number of rotatable bonds is 5. The molecule has 0 saturated carbocycles. The van der Waals surface area contributed by atoms with Gasteiger partial charge >= 0.3 is 0 Å². The van der Waals surface area contributed by atoms with Gasteiger partial charge in [0.25, 0.3) is 0 Å². The van der Waals surface area contributed by atoms with Gasteiger partial charge in [-0.15, -0.1) is 0 Å². The van der Waals surface area contributed by atoms with Crippen molar-refractivity contribution in [3.8, 4) is 5.82 Å². The summed E-state index contributed by atoms with van der Waals surface area (Å²) in [4.78, 5) is 8.98. The van der Waals surface area contributed by atoms with Crippen LogP contribution >= 0.6 is 0 Å². The quantitative estimate of drug-likeness (QED) is 0.767. The summed E-state index contributed by atoms with van der Waals surface area (Å²) in [5, 5.41) is 7.93.